The van der Waals surface area contributed by atoms with Crippen LogP contribution in [-0.4, -0.2) is 14.0 Å². The molecule has 0 unspecified atom stereocenters. The second-order valence-electron chi connectivity index (χ2n) is 10.5. The Labute approximate surface area is 230 Å². The van der Waals surface area contributed by atoms with Crippen LogP contribution in [0.4, 0.5) is 0 Å². The van der Waals surface area contributed by atoms with Crippen LogP contribution in [0, 0.1) is 0 Å². The quantitative estimate of drug-likeness (QED) is 0.213. The van der Waals surface area contributed by atoms with E-state index in [1.54, 1.807) is 0 Å². The van der Waals surface area contributed by atoms with Crippen molar-refractivity contribution in [2.45, 2.75) is 0 Å². The van der Waals surface area contributed by atoms with Crippen molar-refractivity contribution < 1.29 is 0 Å². The van der Waals surface area contributed by atoms with E-state index in [0.717, 1.165) is 16.8 Å². The Morgan fingerprint density at radius 2 is 1.15 bits per heavy atom. The number of rotatable bonds is 2. The topological polar surface area (TPSA) is 22.2 Å². The van der Waals surface area contributed by atoms with Crippen LogP contribution in [-0.2, 0) is 0 Å². The van der Waals surface area contributed by atoms with Crippen molar-refractivity contribution in [3.63, 3.8) is 0 Å². The molecule has 0 spiro atoms. The molecule has 3 heteroatoms. The number of benzene rings is 5. The minimum Gasteiger partial charge on any atom is -0.309 e. The molecule has 0 aliphatic heterocycles. The van der Waals surface area contributed by atoms with Crippen LogP contribution < -0.4 is 0 Å². The molecule has 3 nitrogen and oxygen atoms in total. The van der Waals surface area contributed by atoms with Gasteiger partial charge in [-0.15, -0.1) is 0 Å². The van der Waals surface area contributed by atoms with E-state index in [1.165, 1.54) is 59.9 Å². The van der Waals surface area contributed by atoms with Crippen LogP contribution in [0.15, 0.2) is 140 Å². The zero-order chi connectivity index (χ0) is 26.2. The molecule has 0 atom stereocenters. The fraction of sp³-hybridized carbons (Fsp3) is 0. The molecule has 4 aromatic heterocycles. The van der Waals surface area contributed by atoms with Gasteiger partial charge in [-0.2, -0.15) is 0 Å². The van der Waals surface area contributed by atoms with Gasteiger partial charge in [0.15, 0.2) is 0 Å². The Balaban J connectivity index is 1.46. The molecule has 40 heavy (non-hydrogen) atoms. The summed E-state index contributed by atoms with van der Waals surface area (Å²) in [6, 6.07) is 46.3. The molecule has 186 valence electrons. The minimum atomic E-state index is 1.11. The summed E-state index contributed by atoms with van der Waals surface area (Å²) in [4.78, 5) is 4.35. The molecule has 0 saturated heterocycles. The van der Waals surface area contributed by atoms with Gasteiger partial charge in [0.2, 0.25) is 0 Å². The highest BCUT2D eigenvalue weighted by Gasteiger charge is 2.18. The Bertz CT molecular complexity index is 2430. The van der Waals surface area contributed by atoms with Crippen LogP contribution in [0.25, 0.3) is 76.7 Å². The molecule has 0 aliphatic rings. The van der Waals surface area contributed by atoms with E-state index in [4.69, 9.17) is 0 Å². The molecular weight excluding hydrogens is 486 g/mol. The summed E-state index contributed by atoms with van der Waals surface area (Å²) in [6.07, 6.45) is 3.75. The Morgan fingerprint density at radius 1 is 0.425 bits per heavy atom. The van der Waals surface area contributed by atoms with E-state index < -0.39 is 0 Å². The van der Waals surface area contributed by atoms with Gasteiger partial charge >= 0.3 is 0 Å². The predicted molar refractivity (Wildman–Crippen MR) is 167 cm³/mol. The molecule has 0 saturated carbocycles. The highest BCUT2D eigenvalue weighted by molar-refractivity contribution is 6.22. The van der Waals surface area contributed by atoms with E-state index >= 15 is 0 Å². The Kier molecular flexibility index (Phi) is 4.33. The maximum absolute atomic E-state index is 4.35. The molecule has 9 rings (SSSR count). The first-order valence-electron chi connectivity index (χ1n) is 13.6. The van der Waals surface area contributed by atoms with Crippen LogP contribution in [0.2, 0.25) is 0 Å². The monoisotopic (exact) mass is 509 g/mol. The third-order valence-electron chi connectivity index (χ3n) is 8.33. The van der Waals surface area contributed by atoms with E-state index in [9.17, 15) is 0 Å². The number of hydrogen-bond donors (Lipinski definition) is 0. The van der Waals surface area contributed by atoms with Crippen LogP contribution in [0.1, 0.15) is 0 Å². The predicted octanol–water partition coefficient (Wildman–Crippen LogP) is 9.56. The summed E-state index contributed by atoms with van der Waals surface area (Å²) in [5, 5.41) is 7.59. The van der Waals surface area contributed by atoms with Gasteiger partial charge in [0, 0.05) is 50.6 Å². The number of fused-ring (bicyclic) bond motifs is 11. The number of para-hydroxylation sites is 3. The molecule has 5 aromatic carbocycles. The van der Waals surface area contributed by atoms with Gasteiger partial charge in [-0.05, 0) is 65.5 Å². The second kappa shape index (κ2) is 8.05. The van der Waals surface area contributed by atoms with Gasteiger partial charge in [0.1, 0.15) is 0 Å². The summed E-state index contributed by atoms with van der Waals surface area (Å²) in [5.41, 5.74) is 9.53. The summed E-state index contributed by atoms with van der Waals surface area (Å²) in [7, 11) is 0. The van der Waals surface area contributed by atoms with Crippen molar-refractivity contribution in [3.8, 4) is 16.8 Å². The molecule has 0 aliphatic carbocycles. The first-order valence-corrected chi connectivity index (χ1v) is 13.6. The molecule has 0 bridgehead atoms. The van der Waals surface area contributed by atoms with Crippen molar-refractivity contribution in [3.05, 3.63) is 140 Å². The van der Waals surface area contributed by atoms with E-state index in [-0.39, 0.29) is 0 Å². The SMILES string of the molecule is c1cncc(-c2cccc(-n3c4ccccc4c4cc5c6ccccc6n6c7ccccc7cc6c5cc43)c2)c1. The zero-order valence-electron chi connectivity index (χ0n) is 21.6. The van der Waals surface area contributed by atoms with Gasteiger partial charge in [-0.3, -0.25) is 4.98 Å². The average molecular weight is 510 g/mol. The number of aromatic nitrogens is 3. The van der Waals surface area contributed by atoms with Gasteiger partial charge < -0.3 is 8.97 Å². The maximum atomic E-state index is 4.35. The lowest BCUT2D eigenvalue weighted by Gasteiger charge is -2.13. The first-order chi connectivity index (χ1) is 19.8. The maximum Gasteiger partial charge on any atom is 0.0548 e. The van der Waals surface area contributed by atoms with E-state index in [0.29, 0.717) is 0 Å². The summed E-state index contributed by atoms with van der Waals surface area (Å²) >= 11 is 0. The largest absolute Gasteiger partial charge is 0.309 e. The van der Waals surface area contributed by atoms with Crippen LogP contribution >= 0.6 is 0 Å². The Hall–Kier alpha value is -5.41. The highest BCUT2D eigenvalue weighted by atomic mass is 15.0. The van der Waals surface area contributed by atoms with Gasteiger partial charge in [-0.1, -0.05) is 72.8 Å². The van der Waals surface area contributed by atoms with E-state index in [1.807, 2.05) is 18.5 Å². The molecular formula is C37H23N3. The minimum absolute atomic E-state index is 1.11. The van der Waals surface area contributed by atoms with Crippen molar-refractivity contribution in [2.75, 3.05) is 0 Å². The normalized spacial score (nSPS) is 12.0. The lowest BCUT2D eigenvalue weighted by molar-refractivity contribution is 1.18. The zero-order valence-corrected chi connectivity index (χ0v) is 21.6. The second-order valence-corrected chi connectivity index (χ2v) is 10.5. The van der Waals surface area contributed by atoms with Crippen molar-refractivity contribution >= 4 is 59.9 Å². The van der Waals surface area contributed by atoms with Gasteiger partial charge in [0.25, 0.3) is 0 Å². The fourth-order valence-corrected chi connectivity index (χ4v) is 6.60. The van der Waals surface area contributed by atoms with Crippen LogP contribution in [0.5, 0.6) is 0 Å². The van der Waals surface area contributed by atoms with Crippen molar-refractivity contribution in [1.29, 1.82) is 0 Å². The molecule has 0 radical (unpaired) electrons. The van der Waals surface area contributed by atoms with Gasteiger partial charge in [-0.25, -0.2) is 0 Å². The molecule has 9 aromatic rings. The molecule has 0 amide bonds. The summed E-state index contributed by atoms with van der Waals surface area (Å²) < 4.78 is 4.84. The lowest BCUT2D eigenvalue weighted by Crippen LogP contribution is -1.95. The number of pyridine rings is 2. The Morgan fingerprint density at radius 3 is 2.00 bits per heavy atom. The molecule has 4 heterocycles. The molecule has 0 N–H and O–H groups in total. The summed E-state index contributed by atoms with van der Waals surface area (Å²) in [6.45, 7) is 0. The number of hydrogen-bond acceptors (Lipinski definition) is 1. The highest BCUT2D eigenvalue weighted by Crippen LogP contribution is 2.40. The lowest BCUT2D eigenvalue weighted by atomic mass is 10.0. The molecule has 0 fully saturated rings. The van der Waals surface area contributed by atoms with E-state index in [2.05, 4.69) is 135 Å². The standard InChI is InChI=1S/C37H23N3/c1-4-15-33-25(9-1)20-36-32-22-37-31(21-30(32)28-13-2-6-17-35(28)40(33)36)29-14-3-5-16-34(29)39(37)27-12-7-10-24(19-27)26-11-8-18-38-23-26/h1-23H. The van der Waals surface area contributed by atoms with Crippen molar-refractivity contribution in [2.24, 2.45) is 0 Å². The summed E-state index contributed by atoms with van der Waals surface area (Å²) in [5.74, 6) is 0. The average Bonchev–Trinajstić information content (AvgIpc) is 3.57. The van der Waals surface area contributed by atoms with Crippen molar-refractivity contribution in [1.82, 2.24) is 14.0 Å². The van der Waals surface area contributed by atoms with Gasteiger partial charge in [0.05, 0.1) is 27.6 Å². The first kappa shape index (κ1) is 21.5. The van der Waals surface area contributed by atoms with Crippen LogP contribution in [0.3, 0.4) is 0 Å². The fourth-order valence-electron chi connectivity index (χ4n) is 6.60. The third kappa shape index (κ3) is 2.92. The smallest absolute Gasteiger partial charge is 0.0548 e. The number of nitrogens with zero attached hydrogens (tertiary/aromatic N) is 3. The third-order valence-corrected chi connectivity index (χ3v) is 8.33.